The van der Waals surface area contributed by atoms with E-state index in [1.165, 1.54) is 12.1 Å². The lowest BCUT2D eigenvalue weighted by Crippen LogP contribution is -2.12. The van der Waals surface area contributed by atoms with Crippen LogP contribution in [0.5, 0.6) is 0 Å². The Kier molecular flexibility index (Phi) is 8.11. The van der Waals surface area contributed by atoms with Crippen LogP contribution in [-0.4, -0.2) is 36.2 Å². The molecule has 0 saturated heterocycles. The van der Waals surface area contributed by atoms with Gasteiger partial charge < -0.3 is 15.4 Å². The summed E-state index contributed by atoms with van der Waals surface area (Å²) < 4.78 is 5.43. The molecule has 0 unspecified atom stereocenters. The monoisotopic (exact) mass is 296 g/mol. The van der Waals surface area contributed by atoms with Crippen molar-refractivity contribution in [2.24, 2.45) is 0 Å². The van der Waals surface area contributed by atoms with Crippen molar-refractivity contribution in [1.82, 2.24) is 4.98 Å². The number of ether oxygens (including phenoxy) is 1. The van der Waals surface area contributed by atoms with Crippen molar-refractivity contribution in [2.75, 3.05) is 36.9 Å². The molecule has 7 heteroatoms. The van der Waals surface area contributed by atoms with Gasteiger partial charge in [0, 0.05) is 19.7 Å². The number of nitrogens with one attached hydrogen (secondary N) is 2. The highest BCUT2D eigenvalue weighted by Crippen LogP contribution is 2.20. The first kappa shape index (κ1) is 17.2. The normalized spacial score (nSPS) is 10.4. The van der Waals surface area contributed by atoms with Crippen molar-refractivity contribution in [3.8, 4) is 0 Å². The van der Waals surface area contributed by atoms with Crippen LogP contribution in [0.2, 0.25) is 0 Å². The van der Waals surface area contributed by atoms with Crippen LogP contribution in [0.3, 0.4) is 0 Å². The highest BCUT2D eigenvalue weighted by atomic mass is 16.6. The number of unbranched alkanes of at least 4 members (excludes halogenated alkanes) is 1. The SMILES string of the molecule is CCCCOCCNc1cc([N+](=O)[O-])cc(NCCC)n1. The van der Waals surface area contributed by atoms with E-state index in [-0.39, 0.29) is 5.69 Å². The Labute approximate surface area is 125 Å². The summed E-state index contributed by atoms with van der Waals surface area (Å²) in [5.74, 6) is 1.00. The number of aromatic nitrogens is 1. The van der Waals surface area contributed by atoms with Gasteiger partial charge in [0.15, 0.2) is 0 Å². The predicted octanol–water partition coefficient (Wildman–Crippen LogP) is 3.04. The maximum absolute atomic E-state index is 10.9. The topological polar surface area (TPSA) is 89.3 Å². The van der Waals surface area contributed by atoms with Gasteiger partial charge in [0.05, 0.1) is 23.7 Å². The maximum atomic E-state index is 10.9. The lowest BCUT2D eigenvalue weighted by atomic mass is 10.3. The molecule has 1 heterocycles. The summed E-state index contributed by atoms with van der Waals surface area (Å²) in [6.07, 6.45) is 3.07. The quantitative estimate of drug-likeness (QED) is 0.370. The molecule has 0 radical (unpaired) electrons. The summed E-state index contributed by atoms with van der Waals surface area (Å²) in [5.41, 5.74) is 0.0259. The van der Waals surface area contributed by atoms with E-state index < -0.39 is 4.92 Å². The van der Waals surface area contributed by atoms with Gasteiger partial charge in [-0.3, -0.25) is 10.1 Å². The molecule has 1 aromatic heterocycles. The average molecular weight is 296 g/mol. The molecule has 0 fully saturated rings. The Bertz CT molecular complexity index is 440. The van der Waals surface area contributed by atoms with Crippen LogP contribution >= 0.6 is 0 Å². The maximum Gasteiger partial charge on any atom is 0.276 e. The van der Waals surface area contributed by atoms with Crippen LogP contribution < -0.4 is 10.6 Å². The van der Waals surface area contributed by atoms with E-state index in [1.54, 1.807) is 0 Å². The smallest absolute Gasteiger partial charge is 0.276 e. The Balaban J connectivity index is 2.54. The van der Waals surface area contributed by atoms with E-state index in [0.717, 1.165) is 32.4 Å². The van der Waals surface area contributed by atoms with Crippen LogP contribution in [0.15, 0.2) is 12.1 Å². The Hall–Kier alpha value is -1.89. The van der Waals surface area contributed by atoms with Gasteiger partial charge in [-0.05, 0) is 12.8 Å². The minimum absolute atomic E-state index is 0.0259. The highest BCUT2D eigenvalue weighted by Gasteiger charge is 2.10. The first-order valence-corrected chi connectivity index (χ1v) is 7.39. The van der Waals surface area contributed by atoms with Gasteiger partial charge in [-0.25, -0.2) is 4.98 Å². The standard InChI is InChI=1S/C14H24N4O3/c1-3-5-8-21-9-7-16-14-11-12(18(19)20)10-13(17-14)15-6-4-2/h10-11H,3-9H2,1-2H3,(H2,15,16,17). The second-order valence-corrected chi connectivity index (χ2v) is 4.67. The molecule has 21 heavy (non-hydrogen) atoms. The van der Waals surface area contributed by atoms with Gasteiger partial charge in [0.2, 0.25) is 0 Å². The third-order valence-corrected chi connectivity index (χ3v) is 2.77. The zero-order valence-electron chi connectivity index (χ0n) is 12.7. The molecule has 0 atom stereocenters. The van der Waals surface area contributed by atoms with Crippen molar-refractivity contribution in [2.45, 2.75) is 33.1 Å². The Morgan fingerprint density at radius 1 is 1.14 bits per heavy atom. The third kappa shape index (κ3) is 6.89. The molecule has 0 aliphatic rings. The molecule has 0 saturated carbocycles. The van der Waals surface area contributed by atoms with Crippen LogP contribution in [-0.2, 0) is 4.74 Å². The molecule has 0 spiro atoms. The zero-order valence-corrected chi connectivity index (χ0v) is 12.7. The fourth-order valence-corrected chi connectivity index (χ4v) is 1.66. The Morgan fingerprint density at radius 3 is 2.38 bits per heavy atom. The molecule has 7 nitrogen and oxygen atoms in total. The van der Waals surface area contributed by atoms with E-state index in [9.17, 15) is 10.1 Å². The molecular weight excluding hydrogens is 272 g/mol. The van der Waals surface area contributed by atoms with E-state index in [4.69, 9.17) is 4.74 Å². The summed E-state index contributed by atoms with van der Waals surface area (Å²) in [6, 6.07) is 2.88. The van der Waals surface area contributed by atoms with Crippen LogP contribution in [0.25, 0.3) is 0 Å². The van der Waals surface area contributed by atoms with Gasteiger partial charge in [-0.1, -0.05) is 20.3 Å². The predicted molar refractivity (Wildman–Crippen MR) is 83.9 cm³/mol. The number of rotatable bonds is 11. The van der Waals surface area contributed by atoms with Crippen molar-refractivity contribution in [1.29, 1.82) is 0 Å². The number of anilines is 2. The van der Waals surface area contributed by atoms with Crippen LogP contribution in [0.1, 0.15) is 33.1 Å². The lowest BCUT2D eigenvalue weighted by Gasteiger charge is -2.09. The number of nitro groups is 1. The average Bonchev–Trinajstić information content (AvgIpc) is 2.48. The molecule has 0 aliphatic carbocycles. The van der Waals surface area contributed by atoms with Crippen molar-refractivity contribution in [3.63, 3.8) is 0 Å². The van der Waals surface area contributed by atoms with Crippen LogP contribution in [0, 0.1) is 10.1 Å². The third-order valence-electron chi connectivity index (χ3n) is 2.77. The van der Waals surface area contributed by atoms with E-state index >= 15 is 0 Å². The second-order valence-electron chi connectivity index (χ2n) is 4.67. The van der Waals surface area contributed by atoms with Gasteiger partial charge in [0.1, 0.15) is 11.6 Å². The molecule has 1 aromatic rings. The summed E-state index contributed by atoms with van der Waals surface area (Å²) in [7, 11) is 0. The Morgan fingerprint density at radius 2 is 1.81 bits per heavy atom. The van der Waals surface area contributed by atoms with Gasteiger partial charge in [0.25, 0.3) is 5.69 Å². The molecule has 2 N–H and O–H groups in total. The van der Waals surface area contributed by atoms with Crippen molar-refractivity contribution in [3.05, 3.63) is 22.2 Å². The number of hydrogen-bond acceptors (Lipinski definition) is 6. The van der Waals surface area contributed by atoms with Crippen molar-refractivity contribution < 1.29 is 9.66 Å². The van der Waals surface area contributed by atoms with E-state index in [0.29, 0.717) is 24.8 Å². The second kappa shape index (κ2) is 9.93. The molecular formula is C14H24N4O3. The molecule has 0 aromatic carbocycles. The molecule has 0 aliphatic heterocycles. The number of pyridine rings is 1. The number of hydrogen-bond donors (Lipinski definition) is 2. The largest absolute Gasteiger partial charge is 0.380 e. The fraction of sp³-hybridized carbons (Fsp3) is 0.643. The number of nitrogens with zero attached hydrogens (tertiary/aromatic N) is 2. The minimum atomic E-state index is -0.415. The molecule has 0 bridgehead atoms. The summed E-state index contributed by atoms with van der Waals surface area (Å²) in [4.78, 5) is 14.8. The van der Waals surface area contributed by atoms with E-state index in [2.05, 4.69) is 22.5 Å². The summed E-state index contributed by atoms with van der Waals surface area (Å²) in [5, 5.41) is 17.0. The van der Waals surface area contributed by atoms with Gasteiger partial charge in [-0.2, -0.15) is 0 Å². The summed E-state index contributed by atoms with van der Waals surface area (Å²) in [6.45, 7) is 6.74. The highest BCUT2D eigenvalue weighted by molar-refractivity contribution is 5.54. The van der Waals surface area contributed by atoms with Crippen molar-refractivity contribution >= 4 is 17.3 Å². The molecule has 1 rings (SSSR count). The van der Waals surface area contributed by atoms with Crippen LogP contribution in [0.4, 0.5) is 17.3 Å². The lowest BCUT2D eigenvalue weighted by molar-refractivity contribution is -0.384. The molecule has 118 valence electrons. The van der Waals surface area contributed by atoms with E-state index in [1.807, 2.05) is 6.92 Å². The first-order chi connectivity index (χ1) is 10.2. The van der Waals surface area contributed by atoms with Gasteiger partial charge >= 0.3 is 0 Å². The fourth-order valence-electron chi connectivity index (χ4n) is 1.66. The minimum Gasteiger partial charge on any atom is -0.380 e. The zero-order chi connectivity index (χ0) is 15.5. The van der Waals surface area contributed by atoms with Gasteiger partial charge in [-0.15, -0.1) is 0 Å². The first-order valence-electron chi connectivity index (χ1n) is 7.39. The summed E-state index contributed by atoms with van der Waals surface area (Å²) >= 11 is 0. The molecule has 0 amide bonds.